The zero-order valence-electron chi connectivity index (χ0n) is 18.7. The fourth-order valence-corrected chi connectivity index (χ4v) is 4.88. The van der Waals surface area contributed by atoms with Gasteiger partial charge >= 0.3 is 6.36 Å². The van der Waals surface area contributed by atoms with Gasteiger partial charge in [0.25, 0.3) is 0 Å². The number of nitrogens with one attached hydrogen (secondary N) is 1. The Kier molecular flexibility index (Phi) is 8.09. The second-order valence-corrected chi connectivity index (χ2v) is 9.31. The number of nitrogens with zero attached hydrogens (tertiary/aromatic N) is 2. The van der Waals surface area contributed by atoms with Crippen molar-refractivity contribution in [1.29, 1.82) is 0 Å². The molecule has 0 radical (unpaired) electrons. The zero-order valence-corrected chi connectivity index (χ0v) is 19.5. The van der Waals surface area contributed by atoms with Gasteiger partial charge in [-0.15, -0.1) is 24.9 Å². The van der Waals surface area contributed by atoms with Crippen LogP contribution in [-0.4, -0.2) is 47.5 Å². The lowest BCUT2D eigenvalue weighted by Crippen LogP contribution is -2.51. The molecule has 1 aliphatic rings. The minimum atomic E-state index is -4.73. The summed E-state index contributed by atoms with van der Waals surface area (Å²) >= 11 is 1.59. The summed E-state index contributed by atoms with van der Waals surface area (Å²) in [7, 11) is 0. The third-order valence-corrected chi connectivity index (χ3v) is 6.64. The molecule has 1 saturated heterocycles. The summed E-state index contributed by atoms with van der Waals surface area (Å²) in [4.78, 5) is 14.5. The van der Waals surface area contributed by atoms with Crippen LogP contribution >= 0.6 is 11.8 Å². The fourth-order valence-electron chi connectivity index (χ4n) is 3.83. The van der Waals surface area contributed by atoms with Crippen molar-refractivity contribution in [3.05, 3.63) is 102 Å². The Labute approximate surface area is 206 Å². The molecule has 0 spiro atoms. The summed E-state index contributed by atoms with van der Waals surface area (Å²) in [6.07, 6.45) is -3.36. The Balaban J connectivity index is 1.22. The molecular formula is C26H24F3N3O2S. The van der Waals surface area contributed by atoms with E-state index in [4.69, 9.17) is 0 Å². The number of benzene rings is 3. The van der Waals surface area contributed by atoms with Crippen LogP contribution in [0.25, 0.3) is 0 Å². The number of ether oxygens (including phenoxy) is 1. The Morgan fingerprint density at radius 1 is 1.00 bits per heavy atom. The summed E-state index contributed by atoms with van der Waals surface area (Å²) in [5, 5.41) is 4.23. The van der Waals surface area contributed by atoms with Gasteiger partial charge in [-0.1, -0.05) is 60.7 Å². The molecule has 1 fully saturated rings. The van der Waals surface area contributed by atoms with Crippen molar-refractivity contribution in [2.45, 2.75) is 17.7 Å². The monoisotopic (exact) mass is 499 g/mol. The number of rotatable bonds is 9. The van der Waals surface area contributed by atoms with Gasteiger partial charge in [-0.25, -0.2) is 5.43 Å². The highest BCUT2D eigenvalue weighted by atomic mass is 32.2. The van der Waals surface area contributed by atoms with Gasteiger partial charge in [-0.3, -0.25) is 9.69 Å². The van der Waals surface area contributed by atoms with Crippen LogP contribution in [-0.2, 0) is 4.79 Å². The summed E-state index contributed by atoms with van der Waals surface area (Å²) < 4.78 is 40.4. The van der Waals surface area contributed by atoms with Gasteiger partial charge in [0.1, 0.15) is 5.75 Å². The Bertz CT molecular complexity index is 1080. The minimum Gasteiger partial charge on any atom is -0.406 e. The normalized spacial score (nSPS) is 14.7. The molecule has 35 heavy (non-hydrogen) atoms. The highest BCUT2D eigenvalue weighted by Crippen LogP contribution is 2.35. The number of halogens is 3. The summed E-state index contributed by atoms with van der Waals surface area (Å²) in [6.45, 7) is 1.75. The smallest absolute Gasteiger partial charge is 0.406 e. The maximum Gasteiger partial charge on any atom is 0.573 e. The molecule has 1 heterocycles. The van der Waals surface area contributed by atoms with Crippen molar-refractivity contribution >= 4 is 23.9 Å². The number of likely N-dealkylation sites (tertiary alicyclic amines) is 1. The first kappa shape index (κ1) is 24.8. The lowest BCUT2D eigenvalue weighted by atomic mass is 9.94. The maximum absolute atomic E-state index is 12.2. The van der Waals surface area contributed by atoms with E-state index in [1.165, 1.54) is 41.6 Å². The molecule has 182 valence electrons. The number of hydrazone groups is 1. The lowest BCUT2D eigenvalue weighted by Gasteiger charge is -2.44. The fraction of sp³-hybridized carbons (Fsp3) is 0.231. The minimum absolute atomic E-state index is 0.181. The number of hydrogen-bond donors (Lipinski definition) is 1. The molecule has 0 aliphatic carbocycles. The van der Waals surface area contributed by atoms with E-state index in [0.29, 0.717) is 10.8 Å². The second kappa shape index (κ2) is 11.4. The quantitative estimate of drug-likeness (QED) is 0.323. The molecule has 9 heteroatoms. The summed E-state index contributed by atoms with van der Waals surface area (Å²) in [5.41, 5.74) is 5.48. The molecule has 1 N–H and O–H groups in total. The van der Waals surface area contributed by atoms with Crippen molar-refractivity contribution in [2.75, 3.05) is 18.8 Å². The largest absolute Gasteiger partial charge is 0.573 e. The van der Waals surface area contributed by atoms with Crippen LogP contribution in [0.2, 0.25) is 0 Å². The summed E-state index contributed by atoms with van der Waals surface area (Å²) in [6, 6.07) is 26.2. The molecule has 4 rings (SSSR count). The SMILES string of the molecule is O=C(CSC1CN(C(c2ccccc2)c2ccccc2)C1)N/N=C/c1ccc(OC(F)(F)F)cc1. The van der Waals surface area contributed by atoms with Crippen LogP contribution in [0.5, 0.6) is 5.75 Å². The predicted octanol–water partition coefficient (Wildman–Crippen LogP) is 5.24. The van der Waals surface area contributed by atoms with Crippen LogP contribution in [0.4, 0.5) is 13.2 Å². The standard InChI is InChI=1S/C26H24F3N3O2S/c27-26(28,29)34-22-13-11-19(12-14-22)15-30-31-24(33)18-35-23-16-32(17-23)25(20-7-3-1-4-8-20)21-9-5-2-6-10-21/h1-15,23,25H,16-18H2,(H,31,33)/b30-15+. The van der Waals surface area contributed by atoms with Crippen molar-refractivity contribution in [1.82, 2.24) is 10.3 Å². The van der Waals surface area contributed by atoms with Crippen LogP contribution in [0.15, 0.2) is 90.0 Å². The Morgan fingerprint density at radius 3 is 2.11 bits per heavy atom. The van der Waals surface area contributed by atoms with Crippen molar-refractivity contribution < 1.29 is 22.7 Å². The Hall–Kier alpha value is -3.30. The number of alkyl halides is 3. The Morgan fingerprint density at radius 2 is 1.57 bits per heavy atom. The van der Waals surface area contributed by atoms with E-state index in [-0.39, 0.29) is 23.5 Å². The molecule has 0 bridgehead atoms. The van der Waals surface area contributed by atoms with Crippen LogP contribution in [0.3, 0.4) is 0 Å². The number of thioether (sulfide) groups is 1. The topological polar surface area (TPSA) is 53.9 Å². The highest BCUT2D eigenvalue weighted by Gasteiger charge is 2.34. The maximum atomic E-state index is 12.2. The van der Waals surface area contributed by atoms with E-state index in [9.17, 15) is 18.0 Å². The molecule has 0 unspecified atom stereocenters. The first-order valence-corrected chi connectivity index (χ1v) is 12.1. The van der Waals surface area contributed by atoms with E-state index in [1.54, 1.807) is 11.8 Å². The van der Waals surface area contributed by atoms with Gasteiger partial charge in [0, 0.05) is 18.3 Å². The van der Waals surface area contributed by atoms with Gasteiger partial charge in [0.15, 0.2) is 0 Å². The van der Waals surface area contributed by atoms with Crippen molar-refractivity contribution in [3.63, 3.8) is 0 Å². The molecule has 5 nitrogen and oxygen atoms in total. The van der Waals surface area contributed by atoms with Gasteiger partial charge in [0.05, 0.1) is 18.0 Å². The lowest BCUT2D eigenvalue weighted by molar-refractivity contribution is -0.274. The van der Waals surface area contributed by atoms with E-state index in [2.05, 4.69) is 44.4 Å². The molecular weight excluding hydrogens is 475 g/mol. The predicted molar refractivity (Wildman–Crippen MR) is 131 cm³/mol. The molecule has 1 aliphatic heterocycles. The van der Waals surface area contributed by atoms with Crippen molar-refractivity contribution in [2.24, 2.45) is 5.10 Å². The number of hydrogen-bond acceptors (Lipinski definition) is 5. The van der Waals surface area contributed by atoms with Crippen molar-refractivity contribution in [3.8, 4) is 5.75 Å². The molecule has 3 aromatic carbocycles. The van der Waals surface area contributed by atoms with Gasteiger partial charge in [-0.2, -0.15) is 5.10 Å². The molecule has 3 aromatic rings. The third-order valence-electron chi connectivity index (χ3n) is 5.44. The number of carbonyl (C=O) groups excluding carboxylic acids is 1. The van der Waals surface area contributed by atoms with E-state index >= 15 is 0 Å². The van der Waals surface area contributed by atoms with Gasteiger partial charge in [0.2, 0.25) is 5.91 Å². The van der Waals surface area contributed by atoms with E-state index < -0.39 is 6.36 Å². The van der Waals surface area contributed by atoms with E-state index in [0.717, 1.165) is 13.1 Å². The van der Waals surface area contributed by atoms with Gasteiger partial charge < -0.3 is 4.74 Å². The number of amides is 1. The van der Waals surface area contributed by atoms with Gasteiger partial charge in [-0.05, 0) is 41.0 Å². The first-order chi connectivity index (χ1) is 16.9. The first-order valence-electron chi connectivity index (χ1n) is 11.0. The van der Waals surface area contributed by atoms with E-state index in [1.807, 2.05) is 36.4 Å². The third kappa shape index (κ3) is 7.34. The number of carbonyl (C=O) groups is 1. The molecule has 1 amide bonds. The second-order valence-electron chi connectivity index (χ2n) is 8.02. The zero-order chi connectivity index (χ0) is 24.7. The average Bonchev–Trinajstić information content (AvgIpc) is 2.82. The van der Waals surface area contributed by atoms with Crippen LogP contribution in [0, 0.1) is 0 Å². The summed E-state index contributed by atoms with van der Waals surface area (Å²) in [5.74, 6) is -0.272. The molecule has 0 saturated carbocycles. The average molecular weight is 500 g/mol. The molecule has 0 aromatic heterocycles. The highest BCUT2D eigenvalue weighted by molar-refractivity contribution is 8.00. The van der Waals surface area contributed by atoms with Crippen LogP contribution in [0.1, 0.15) is 22.7 Å². The molecule has 0 atom stereocenters. The van der Waals surface area contributed by atoms with Crippen LogP contribution < -0.4 is 10.2 Å².